The van der Waals surface area contributed by atoms with Gasteiger partial charge in [-0.25, -0.2) is 4.79 Å². The Morgan fingerprint density at radius 3 is 2.38 bits per heavy atom. The van der Waals surface area contributed by atoms with E-state index in [0.717, 1.165) is 61.4 Å². The van der Waals surface area contributed by atoms with E-state index in [2.05, 4.69) is 4.98 Å². The molecule has 2 aromatic rings. The number of aromatic nitrogens is 1. The summed E-state index contributed by atoms with van der Waals surface area (Å²) in [5.74, 6) is 0.596. The number of Topliss-reactive ketones (excluding diaryl/α,β-unsaturated/α-hetero) is 1. The van der Waals surface area contributed by atoms with E-state index in [1.807, 2.05) is 23.1 Å². The molecule has 1 saturated heterocycles. The Balaban J connectivity index is 0.00000320. The molecule has 3 aliphatic rings. The van der Waals surface area contributed by atoms with Crippen molar-refractivity contribution in [2.24, 2.45) is 29.4 Å². The number of benzene rings is 1. The van der Waals surface area contributed by atoms with Crippen molar-refractivity contribution in [2.75, 3.05) is 13.1 Å². The number of nitrogens with zero attached hydrogens (tertiary/aromatic N) is 1. The van der Waals surface area contributed by atoms with Gasteiger partial charge in [-0.2, -0.15) is 0 Å². The lowest BCUT2D eigenvalue weighted by atomic mass is 9.75. The number of nitrogens with one attached hydrogen (secondary N) is 1. The minimum absolute atomic E-state index is 0. The van der Waals surface area contributed by atoms with E-state index in [-0.39, 0.29) is 54.1 Å². The Morgan fingerprint density at radius 2 is 1.70 bits per heavy atom. The molecule has 5 rings (SSSR count). The molecule has 0 unspecified atom stereocenters. The first kappa shape index (κ1) is 27.6. The topological polar surface area (TPSA) is 116 Å². The minimum atomic E-state index is -1.00. The quantitative estimate of drug-likeness (QED) is 0.468. The summed E-state index contributed by atoms with van der Waals surface area (Å²) in [6.45, 7) is 1.38. The van der Waals surface area contributed by atoms with Crippen LogP contribution >= 0.6 is 12.4 Å². The monoisotopic (exact) mass is 529 g/mol. The van der Waals surface area contributed by atoms with Gasteiger partial charge < -0.3 is 20.7 Å². The van der Waals surface area contributed by atoms with E-state index in [1.54, 1.807) is 6.07 Å². The maximum atomic E-state index is 13.9. The number of carboxylic acids is 1. The fraction of sp³-hybridized carbons (Fsp3) is 0.621. The number of carboxylic acid groups (broad SMARTS) is 1. The minimum Gasteiger partial charge on any atom is -0.477 e. The molecular weight excluding hydrogens is 490 g/mol. The molecule has 0 bridgehead atoms. The predicted octanol–water partition coefficient (Wildman–Crippen LogP) is 4.96. The summed E-state index contributed by atoms with van der Waals surface area (Å²) >= 11 is 0. The highest BCUT2D eigenvalue weighted by molar-refractivity contribution is 5.95. The van der Waals surface area contributed by atoms with Crippen molar-refractivity contribution in [2.45, 2.75) is 76.7 Å². The molecule has 1 aromatic carbocycles. The van der Waals surface area contributed by atoms with Gasteiger partial charge in [-0.1, -0.05) is 38.2 Å². The summed E-state index contributed by atoms with van der Waals surface area (Å²) in [6, 6.07) is 6.91. The van der Waals surface area contributed by atoms with E-state index >= 15 is 0 Å². The number of halogens is 1. The molecule has 1 amide bonds. The number of aromatic amines is 1. The van der Waals surface area contributed by atoms with Crippen molar-refractivity contribution in [3.05, 3.63) is 35.5 Å². The predicted molar refractivity (Wildman–Crippen MR) is 146 cm³/mol. The first-order valence-corrected chi connectivity index (χ1v) is 13.8. The van der Waals surface area contributed by atoms with Gasteiger partial charge in [0.1, 0.15) is 5.69 Å². The van der Waals surface area contributed by atoms with Crippen LogP contribution in [0.4, 0.5) is 0 Å². The molecule has 3 fully saturated rings. The van der Waals surface area contributed by atoms with Crippen LogP contribution in [0.2, 0.25) is 0 Å². The van der Waals surface area contributed by atoms with Gasteiger partial charge in [0.25, 0.3) is 0 Å². The fourth-order valence-corrected chi connectivity index (χ4v) is 7.12. The summed E-state index contributed by atoms with van der Waals surface area (Å²) < 4.78 is 0. The fourth-order valence-electron chi connectivity index (χ4n) is 7.12. The van der Waals surface area contributed by atoms with E-state index < -0.39 is 5.97 Å². The van der Waals surface area contributed by atoms with Crippen LogP contribution in [0.5, 0.6) is 0 Å². The van der Waals surface area contributed by atoms with Crippen LogP contribution in [-0.2, 0) is 16.0 Å². The van der Waals surface area contributed by atoms with Crippen molar-refractivity contribution < 1.29 is 19.5 Å². The van der Waals surface area contributed by atoms with E-state index in [9.17, 15) is 19.5 Å². The Hall–Kier alpha value is -2.38. The lowest BCUT2D eigenvalue weighted by Crippen LogP contribution is -2.48. The highest BCUT2D eigenvalue weighted by Crippen LogP contribution is 2.41. The Bertz CT molecular complexity index is 1120. The average Bonchev–Trinajstić information content (AvgIpc) is 3.54. The molecule has 37 heavy (non-hydrogen) atoms. The van der Waals surface area contributed by atoms with Crippen molar-refractivity contribution in [1.82, 2.24) is 9.88 Å². The number of H-pyrrole nitrogens is 1. The molecule has 2 aliphatic carbocycles. The van der Waals surface area contributed by atoms with Gasteiger partial charge in [-0.3, -0.25) is 9.59 Å². The van der Waals surface area contributed by atoms with Gasteiger partial charge in [-0.15, -0.1) is 12.4 Å². The summed E-state index contributed by atoms with van der Waals surface area (Å²) in [5.41, 5.74) is 7.62. The third-order valence-corrected chi connectivity index (χ3v) is 9.14. The number of carbonyl (C=O) groups is 3. The van der Waals surface area contributed by atoms with Gasteiger partial charge in [0.15, 0.2) is 5.78 Å². The van der Waals surface area contributed by atoms with Crippen LogP contribution < -0.4 is 5.73 Å². The second-order valence-electron chi connectivity index (χ2n) is 11.3. The van der Waals surface area contributed by atoms with Crippen LogP contribution in [-0.4, -0.2) is 51.8 Å². The molecule has 1 aliphatic heterocycles. The number of aromatic carboxylic acids is 1. The molecule has 2 atom stereocenters. The number of rotatable bonds is 7. The summed E-state index contributed by atoms with van der Waals surface area (Å²) in [7, 11) is 0. The van der Waals surface area contributed by atoms with E-state index in [1.165, 1.54) is 19.3 Å². The van der Waals surface area contributed by atoms with E-state index in [4.69, 9.17) is 5.73 Å². The molecule has 1 aromatic heterocycles. The molecule has 0 spiro atoms. The van der Waals surface area contributed by atoms with Gasteiger partial charge in [-0.05, 0) is 80.2 Å². The van der Waals surface area contributed by atoms with Gasteiger partial charge >= 0.3 is 5.97 Å². The Morgan fingerprint density at radius 1 is 0.973 bits per heavy atom. The summed E-state index contributed by atoms with van der Waals surface area (Å²) in [5, 5.41) is 10.1. The van der Waals surface area contributed by atoms with Crippen LogP contribution in [0, 0.1) is 23.7 Å². The Kier molecular flexibility index (Phi) is 8.96. The van der Waals surface area contributed by atoms with Crippen molar-refractivity contribution in [1.29, 1.82) is 0 Å². The first-order valence-electron chi connectivity index (χ1n) is 13.8. The molecule has 2 saturated carbocycles. The van der Waals surface area contributed by atoms with Crippen molar-refractivity contribution in [3.63, 3.8) is 0 Å². The zero-order valence-corrected chi connectivity index (χ0v) is 22.3. The van der Waals surface area contributed by atoms with Gasteiger partial charge in [0.05, 0.1) is 6.04 Å². The van der Waals surface area contributed by atoms with Gasteiger partial charge in [0.2, 0.25) is 5.91 Å². The van der Waals surface area contributed by atoms with Crippen LogP contribution in [0.25, 0.3) is 10.9 Å². The van der Waals surface area contributed by atoms with Crippen molar-refractivity contribution >= 4 is 41.0 Å². The normalized spacial score (nSPS) is 26.7. The molecule has 7 nitrogen and oxygen atoms in total. The number of fused-ring (bicyclic) bond motifs is 1. The maximum Gasteiger partial charge on any atom is 0.352 e. The number of ketones is 1. The third kappa shape index (κ3) is 5.88. The number of amides is 1. The number of nitrogens with two attached hydrogens (primary N) is 1. The zero-order valence-electron chi connectivity index (χ0n) is 21.5. The molecular formula is C29H40ClN3O4. The summed E-state index contributed by atoms with van der Waals surface area (Å²) in [6.07, 6.45) is 11.0. The van der Waals surface area contributed by atoms with Crippen LogP contribution in [0.3, 0.4) is 0 Å². The second kappa shape index (κ2) is 12.0. The Labute approximate surface area is 225 Å². The van der Waals surface area contributed by atoms with Crippen LogP contribution in [0.15, 0.2) is 24.3 Å². The second-order valence-corrected chi connectivity index (χ2v) is 11.3. The smallest absolute Gasteiger partial charge is 0.352 e. The highest BCUT2D eigenvalue weighted by Gasteiger charge is 2.46. The molecule has 0 radical (unpaired) electrons. The van der Waals surface area contributed by atoms with Gasteiger partial charge in [0, 0.05) is 29.8 Å². The SMILES string of the molecule is Cl.NCC1CCC(C(=O)N2CC[C@@H](C3CCCCC3)[C@H]2C(=O)Cc2ccc3[nH]c(C(=O)O)cc3c2)CC1. The number of carbonyl (C=O) groups excluding carboxylic acids is 2. The molecule has 4 N–H and O–H groups in total. The average molecular weight is 530 g/mol. The lowest BCUT2D eigenvalue weighted by Gasteiger charge is -2.36. The highest BCUT2D eigenvalue weighted by atomic mass is 35.5. The first-order chi connectivity index (χ1) is 17.4. The third-order valence-electron chi connectivity index (χ3n) is 9.14. The zero-order chi connectivity index (χ0) is 25.2. The number of likely N-dealkylation sites (tertiary alicyclic amines) is 1. The summed E-state index contributed by atoms with van der Waals surface area (Å²) in [4.78, 5) is 43.8. The number of hydrogen-bond acceptors (Lipinski definition) is 4. The van der Waals surface area contributed by atoms with Crippen LogP contribution in [0.1, 0.15) is 80.3 Å². The standard InChI is InChI=1S/C29H39N3O4.ClH/c30-17-18-6-9-21(10-7-18)28(34)32-13-12-23(20-4-2-1-3-5-20)27(32)26(33)15-19-8-11-24-22(14-19)16-25(31-24)29(35)36;/h8,11,14,16,18,20-21,23,27,31H,1-7,9-10,12-13,15,17,30H2,(H,35,36);1H/t18?,21?,23-,27-;/m0./s1. The van der Waals surface area contributed by atoms with Crippen molar-refractivity contribution in [3.8, 4) is 0 Å². The lowest BCUT2D eigenvalue weighted by molar-refractivity contribution is -0.143. The van der Waals surface area contributed by atoms with E-state index in [0.29, 0.717) is 24.9 Å². The largest absolute Gasteiger partial charge is 0.477 e. The maximum absolute atomic E-state index is 13.9. The number of hydrogen-bond donors (Lipinski definition) is 3. The molecule has 2 heterocycles. The molecule has 202 valence electrons. The molecule has 8 heteroatoms.